The van der Waals surface area contributed by atoms with Gasteiger partial charge in [0.05, 0.1) is 0 Å². The Kier molecular flexibility index (Phi) is 6.27. The first-order valence-corrected chi connectivity index (χ1v) is 8.84. The molecule has 3 unspecified atom stereocenters. The molecule has 0 fully saturated rings. The Balaban J connectivity index is 2.64. The first kappa shape index (κ1) is 17.2. The van der Waals surface area contributed by atoms with E-state index >= 15 is 0 Å². The van der Waals surface area contributed by atoms with Crippen molar-refractivity contribution in [2.45, 2.75) is 17.9 Å². The number of hydrogen-bond donors (Lipinski definition) is 4. The van der Waals surface area contributed by atoms with Crippen molar-refractivity contribution in [1.82, 2.24) is 0 Å². The lowest BCUT2D eigenvalue weighted by molar-refractivity contribution is 0.167. The second kappa shape index (κ2) is 7.27. The van der Waals surface area contributed by atoms with Crippen LogP contribution in [0.25, 0.3) is 0 Å². The standard InChI is InChI=1S/C11H17NO6P2/c1-12(9-5-3-2-4-6-9)8-7-10(13)11(19(14)15)20(16,17)18/h2-6,10-11,13H,7-8H2,1H3,(H2-,14,15,16,17,18)/p+1. The highest BCUT2D eigenvalue weighted by atomic mass is 31.2. The van der Waals surface area contributed by atoms with Crippen LogP contribution < -0.4 is 4.90 Å². The molecule has 9 heteroatoms. The van der Waals surface area contributed by atoms with E-state index in [4.69, 9.17) is 14.7 Å². The van der Waals surface area contributed by atoms with E-state index in [9.17, 15) is 14.2 Å². The average molecular weight is 322 g/mol. The summed E-state index contributed by atoms with van der Waals surface area (Å²) in [5.41, 5.74) is 0.876. The highest BCUT2D eigenvalue weighted by Crippen LogP contribution is 2.53. The molecular formula is C11H18NO6P2+. The van der Waals surface area contributed by atoms with Crippen LogP contribution in [-0.2, 0) is 9.13 Å². The minimum absolute atomic E-state index is 0.0250. The quantitative estimate of drug-likeness (QED) is 0.555. The molecule has 112 valence electrons. The lowest BCUT2D eigenvalue weighted by atomic mass is 10.2. The van der Waals surface area contributed by atoms with Crippen molar-refractivity contribution in [3.05, 3.63) is 30.3 Å². The molecule has 0 spiro atoms. The first-order valence-electron chi connectivity index (χ1n) is 5.88. The van der Waals surface area contributed by atoms with Gasteiger partial charge >= 0.3 is 21.0 Å². The summed E-state index contributed by atoms with van der Waals surface area (Å²) in [5, 5.41) is 7.81. The third-order valence-electron chi connectivity index (χ3n) is 2.87. The minimum atomic E-state index is -4.82. The van der Waals surface area contributed by atoms with E-state index in [2.05, 4.69) is 0 Å². The number of anilines is 1. The molecule has 1 aromatic rings. The van der Waals surface area contributed by atoms with Crippen molar-refractivity contribution < 1.29 is 28.9 Å². The van der Waals surface area contributed by atoms with Gasteiger partial charge in [-0.1, -0.05) is 18.2 Å². The Hall–Kier alpha value is -0.810. The fourth-order valence-corrected chi connectivity index (χ4v) is 3.86. The largest absolute Gasteiger partial charge is 0.524 e. The summed E-state index contributed by atoms with van der Waals surface area (Å²) >= 11 is 0. The van der Waals surface area contributed by atoms with Crippen LogP contribution in [0.15, 0.2) is 30.3 Å². The maximum atomic E-state index is 11.1. The predicted molar refractivity (Wildman–Crippen MR) is 76.0 cm³/mol. The highest BCUT2D eigenvalue weighted by molar-refractivity contribution is 7.65. The molecular weight excluding hydrogens is 304 g/mol. The lowest BCUT2D eigenvalue weighted by Crippen LogP contribution is -2.29. The average Bonchev–Trinajstić information content (AvgIpc) is 2.34. The van der Waals surface area contributed by atoms with Crippen molar-refractivity contribution in [2.75, 3.05) is 18.5 Å². The van der Waals surface area contributed by atoms with Gasteiger partial charge in [0.25, 0.3) is 0 Å². The Morgan fingerprint density at radius 3 is 2.30 bits per heavy atom. The van der Waals surface area contributed by atoms with Crippen LogP contribution in [0.3, 0.4) is 0 Å². The second-order valence-corrected chi connectivity index (χ2v) is 7.72. The van der Waals surface area contributed by atoms with Gasteiger partial charge in [-0.2, -0.15) is 4.89 Å². The summed E-state index contributed by atoms with van der Waals surface area (Å²) in [4.78, 5) is 28.7. The molecule has 0 radical (unpaired) electrons. The summed E-state index contributed by atoms with van der Waals surface area (Å²) in [6.45, 7) is 0.296. The molecule has 0 saturated carbocycles. The van der Waals surface area contributed by atoms with Crippen LogP contribution in [0.1, 0.15) is 6.42 Å². The van der Waals surface area contributed by atoms with Crippen molar-refractivity contribution in [1.29, 1.82) is 0 Å². The SMILES string of the molecule is CN(CCC(O)C([P+](=O)O)P(=O)(O)O)c1ccccc1. The maximum absolute atomic E-state index is 11.1. The van der Waals surface area contributed by atoms with E-state index in [1.54, 1.807) is 11.9 Å². The number of para-hydroxylation sites is 1. The van der Waals surface area contributed by atoms with Crippen molar-refractivity contribution in [3.8, 4) is 0 Å². The van der Waals surface area contributed by atoms with E-state index in [0.717, 1.165) is 5.69 Å². The maximum Gasteiger partial charge on any atom is 0.524 e. The second-order valence-electron chi connectivity index (χ2n) is 4.42. The topological polar surface area (TPSA) is 118 Å². The molecule has 0 aliphatic heterocycles. The molecule has 0 aliphatic carbocycles. The Bertz CT molecular complexity index is 491. The van der Waals surface area contributed by atoms with Crippen molar-refractivity contribution in [2.24, 2.45) is 0 Å². The molecule has 7 nitrogen and oxygen atoms in total. The molecule has 1 aromatic carbocycles. The zero-order valence-electron chi connectivity index (χ0n) is 10.9. The molecule has 3 atom stereocenters. The number of aliphatic hydroxyl groups is 1. The van der Waals surface area contributed by atoms with E-state index in [1.165, 1.54) is 0 Å². The molecule has 0 bridgehead atoms. The zero-order valence-corrected chi connectivity index (χ0v) is 12.7. The van der Waals surface area contributed by atoms with Gasteiger partial charge in [-0.25, -0.2) is 0 Å². The monoisotopic (exact) mass is 322 g/mol. The molecule has 20 heavy (non-hydrogen) atoms. The fraction of sp³-hybridized carbons (Fsp3) is 0.455. The summed E-state index contributed by atoms with van der Waals surface area (Å²) in [7, 11) is -6.22. The summed E-state index contributed by atoms with van der Waals surface area (Å²) in [5.74, 6) is 0. The van der Waals surface area contributed by atoms with Gasteiger partial charge in [0.15, 0.2) is 0 Å². The smallest absolute Gasteiger partial charge is 0.387 e. The van der Waals surface area contributed by atoms with Gasteiger partial charge in [-0.3, -0.25) is 4.57 Å². The Morgan fingerprint density at radius 2 is 1.85 bits per heavy atom. The molecule has 4 N–H and O–H groups in total. The number of hydrogen-bond acceptors (Lipinski definition) is 4. The van der Waals surface area contributed by atoms with Crippen LogP contribution >= 0.6 is 15.6 Å². The summed E-state index contributed by atoms with van der Waals surface area (Å²) in [6, 6.07) is 9.22. The van der Waals surface area contributed by atoms with Gasteiger partial charge in [-0.15, -0.1) is 0 Å². The third-order valence-corrected chi connectivity index (χ3v) is 6.20. The van der Waals surface area contributed by atoms with E-state index in [1.807, 2.05) is 30.3 Å². The number of aliphatic hydroxyl groups excluding tert-OH is 1. The molecule has 0 saturated heterocycles. The molecule has 0 amide bonds. The number of nitrogens with zero attached hydrogens (tertiary/aromatic N) is 1. The van der Waals surface area contributed by atoms with E-state index < -0.39 is 27.1 Å². The van der Waals surface area contributed by atoms with Crippen molar-refractivity contribution >= 4 is 21.3 Å². The van der Waals surface area contributed by atoms with Crippen LogP contribution in [0.2, 0.25) is 0 Å². The van der Waals surface area contributed by atoms with Crippen LogP contribution in [0, 0.1) is 0 Å². The highest BCUT2D eigenvalue weighted by Gasteiger charge is 2.50. The predicted octanol–water partition coefficient (Wildman–Crippen LogP) is 1.11. The normalized spacial score (nSPS) is 15.6. The first-order chi connectivity index (χ1) is 9.23. The zero-order chi connectivity index (χ0) is 15.3. The Labute approximate surface area is 117 Å². The molecule has 1 rings (SSSR count). The minimum Gasteiger partial charge on any atom is -0.387 e. The van der Waals surface area contributed by atoms with Crippen LogP contribution in [-0.4, -0.2) is 44.9 Å². The summed E-state index contributed by atoms with van der Waals surface area (Å²) < 4.78 is 22.1. The van der Waals surface area contributed by atoms with E-state index in [0.29, 0.717) is 6.54 Å². The summed E-state index contributed by atoms with van der Waals surface area (Å²) in [6.07, 6.45) is -1.57. The van der Waals surface area contributed by atoms with Gasteiger partial charge in [0, 0.05) is 19.3 Å². The number of benzene rings is 1. The molecule has 0 aliphatic rings. The third kappa shape index (κ3) is 4.94. The van der Waals surface area contributed by atoms with Gasteiger partial charge in [0.1, 0.15) is 6.10 Å². The van der Waals surface area contributed by atoms with Crippen LogP contribution in [0.5, 0.6) is 0 Å². The van der Waals surface area contributed by atoms with Crippen LogP contribution in [0.4, 0.5) is 5.69 Å². The van der Waals surface area contributed by atoms with Crippen molar-refractivity contribution in [3.63, 3.8) is 0 Å². The fourth-order valence-electron chi connectivity index (χ4n) is 1.79. The molecule has 0 aromatic heterocycles. The van der Waals surface area contributed by atoms with Gasteiger partial charge in [-0.05, 0) is 23.1 Å². The molecule has 0 heterocycles. The van der Waals surface area contributed by atoms with Gasteiger partial charge < -0.3 is 19.8 Å². The van der Waals surface area contributed by atoms with E-state index in [-0.39, 0.29) is 6.42 Å². The lowest BCUT2D eigenvalue weighted by Gasteiger charge is -2.21. The van der Waals surface area contributed by atoms with Gasteiger partial charge in [0.2, 0.25) is 0 Å². The number of rotatable bonds is 7. The Morgan fingerprint density at radius 1 is 1.30 bits per heavy atom.